The molecule has 4 rings (SSSR count). The minimum Gasteiger partial charge on any atom is -0.618 e. The lowest BCUT2D eigenvalue weighted by Crippen LogP contribution is -2.41. The van der Waals surface area contributed by atoms with E-state index in [0.29, 0.717) is 40.6 Å². The number of benzene rings is 2. The lowest BCUT2D eigenvalue weighted by molar-refractivity contribution is -0.358. The highest BCUT2D eigenvalue weighted by atomic mass is 19.2. The molecule has 0 bridgehead atoms. The van der Waals surface area contributed by atoms with Crippen LogP contribution in [0.25, 0.3) is 0 Å². The number of nitrogens with zero attached hydrogens (tertiary/aromatic N) is 3. The van der Waals surface area contributed by atoms with Crippen molar-refractivity contribution < 1.29 is 13.5 Å². The first-order chi connectivity index (χ1) is 10.7. The van der Waals surface area contributed by atoms with Gasteiger partial charge in [0.2, 0.25) is 11.5 Å². The molecule has 0 fully saturated rings. The predicted molar refractivity (Wildman–Crippen MR) is 79.8 cm³/mol. The molecule has 22 heavy (non-hydrogen) atoms. The van der Waals surface area contributed by atoms with Crippen molar-refractivity contribution in [2.75, 3.05) is 18.0 Å². The Bertz CT molecular complexity index is 831. The van der Waals surface area contributed by atoms with E-state index in [1.165, 1.54) is 0 Å². The Kier molecular flexibility index (Phi) is 2.72. The normalized spacial score (nSPS) is 16.5. The molecule has 0 aromatic heterocycles. The summed E-state index contributed by atoms with van der Waals surface area (Å²) in [7, 11) is 0. The van der Waals surface area contributed by atoms with Gasteiger partial charge in [0.25, 0.3) is 5.71 Å². The number of amidine groups is 1. The van der Waals surface area contributed by atoms with Gasteiger partial charge in [-0.15, -0.1) is 0 Å². The van der Waals surface area contributed by atoms with Gasteiger partial charge >= 0.3 is 0 Å². The third kappa shape index (κ3) is 1.73. The smallest absolute Gasteiger partial charge is 0.267 e. The molecule has 0 amide bonds. The minimum absolute atomic E-state index is 0.0959. The fourth-order valence-electron chi connectivity index (χ4n) is 2.84. The summed E-state index contributed by atoms with van der Waals surface area (Å²) in [5, 5.41) is 12.7. The Labute approximate surface area is 125 Å². The van der Waals surface area contributed by atoms with Gasteiger partial charge in [0, 0.05) is 12.6 Å². The molecule has 2 heterocycles. The summed E-state index contributed by atoms with van der Waals surface area (Å²) in [5.74, 6) is -1.51. The third-order valence-electron chi connectivity index (χ3n) is 3.83. The number of hydrogen-bond acceptors (Lipinski definition) is 3. The van der Waals surface area contributed by atoms with Crippen LogP contribution in [0.4, 0.5) is 20.2 Å². The van der Waals surface area contributed by atoms with Crippen LogP contribution in [-0.2, 0) is 0 Å². The molecule has 2 aromatic carbocycles. The molecule has 0 radical (unpaired) electrons. The van der Waals surface area contributed by atoms with Crippen molar-refractivity contribution in [2.45, 2.75) is 0 Å². The number of halogens is 2. The molecule has 0 N–H and O–H groups in total. The van der Waals surface area contributed by atoms with E-state index in [1.54, 1.807) is 17.0 Å². The summed E-state index contributed by atoms with van der Waals surface area (Å²) in [6.45, 7) is 1.05. The Balaban J connectivity index is 2.02. The number of aliphatic imine (C=N–C) groups is 1. The molecule has 6 heteroatoms. The van der Waals surface area contributed by atoms with Crippen molar-refractivity contribution in [1.29, 1.82) is 0 Å². The van der Waals surface area contributed by atoms with Crippen LogP contribution >= 0.6 is 0 Å². The van der Waals surface area contributed by atoms with Crippen LogP contribution in [0.3, 0.4) is 0 Å². The van der Waals surface area contributed by atoms with E-state index in [4.69, 9.17) is 0 Å². The molecule has 2 aliphatic heterocycles. The molecule has 2 aliphatic rings. The quantitative estimate of drug-likeness (QED) is 0.600. The van der Waals surface area contributed by atoms with Crippen LogP contribution in [0.15, 0.2) is 47.5 Å². The zero-order chi connectivity index (χ0) is 15.3. The topological polar surface area (TPSA) is 41.7 Å². The SMILES string of the molecule is [O-][N+]1=C(c2ccccc2)C2=NCCN2c2cc(F)c(F)cc21. The second-order valence-corrected chi connectivity index (χ2v) is 5.12. The van der Waals surface area contributed by atoms with E-state index in [2.05, 4.69) is 4.99 Å². The highest BCUT2D eigenvalue weighted by Crippen LogP contribution is 2.36. The number of anilines is 1. The molecule has 2 aromatic rings. The maximum absolute atomic E-state index is 13.6. The lowest BCUT2D eigenvalue weighted by Gasteiger charge is -2.27. The van der Waals surface area contributed by atoms with Gasteiger partial charge in [-0.2, -0.15) is 4.74 Å². The van der Waals surface area contributed by atoms with Crippen molar-refractivity contribution in [1.82, 2.24) is 0 Å². The van der Waals surface area contributed by atoms with Crippen molar-refractivity contribution in [3.8, 4) is 0 Å². The van der Waals surface area contributed by atoms with E-state index in [0.717, 1.165) is 12.1 Å². The van der Waals surface area contributed by atoms with Gasteiger partial charge in [0.05, 0.1) is 18.2 Å². The molecular formula is C16H11F2N3O. The summed E-state index contributed by atoms with van der Waals surface area (Å²) in [4.78, 5) is 6.12. The monoisotopic (exact) mass is 299 g/mol. The summed E-state index contributed by atoms with van der Waals surface area (Å²) in [6, 6.07) is 11.1. The van der Waals surface area contributed by atoms with Crippen molar-refractivity contribution in [2.24, 2.45) is 4.99 Å². The van der Waals surface area contributed by atoms with Crippen LogP contribution in [0.2, 0.25) is 0 Å². The lowest BCUT2D eigenvalue weighted by atomic mass is 10.1. The molecule has 0 unspecified atom stereocenters. The van der Waals surface area contributed by atoms with Gasteiger partial charge in [0.1, 0.15) is 5.69 Å². The molecule has 0 saturated heterocycles. The van der Waals surface area contributed by atoms with E-state index >= 15 is 0 Å². The van der Waals surface area contributed by atoms with Gasteiger partial charge in [-0.05, 0) is 12.1 Å². The Morgan fingerprint density at radius 2 is 1.82 bits per heavy atom. The molecule has 0 aliphatic carbocycles. The number of rotatable bonds is 1. The van der Waals surface area contributed by atoms with Crippen LogP contribution in [0, 0.1) is 16.8 Å². The average molecular weight is 299 g/mol. The molecule has 110 valence electrons. The molecule has 0 spiro atoms. The Morgan fingerprint density at radius 1 is 1.09 bits per heavy atom. The minimum atomic E-state index is -1.04. The Morgan fingerprint density at radius 3 is 2.59 bits per heavy atom. The van der Waals surface area contributed by atoms with Crippen molar-refractivity contribution in [3.63, 3.8) is 0 Å². The molecular weight excluding hydrogens is 288 g/mol. The Hall–Kier alpha value is -2.76. The van der Waals surface area contributed by atoms with Crippen LogP contribution in [0.5, 0.6) is 0 Å². The van der Waals surface area contributed by atoms with Crippen LogP contribution in [0.1, 0.15) is 5.56 Å². The van der Waals surface area contributed by atoms with Crippen molar-refractivity contribution >= 4 is 22.9 Å². The van der Waals surface area contributed by atoms with Gasteiger partial charge in [-0.25, -0.2) is 8.78 Å². The second-order valence-electron chi connectivity index (χ2n) is 5.12. The van der Waals surface area contributed by atoms with Crippen LogP contribution < -0.4 is 4.90 Å². The summed E-state index contributed by atoms with van der Waals surface area (Å²) in [5.41, 5.74) is 1.50. The van der Waals surface area contributed by atoms with E-state index < -0.39 is 11.6 Å². The van der Waals surface area contributed by atoms with Gasteiger partial charge in [0.15, 0.2) is 11.6 Å². The largest absolute Gasteiger partial charge is 0.618 e. The van der Waals surface area contributed by atoms with E-state index in [1.807, 2.05) is 18.2 Å². The maximum Gasteiger partial charge on any atom is 0.267 e. The van der Waals surface area contributed by atoms with Gasteiger partial charge < -0.3 is 10.1 Å². The first-order valence-electron chi connectivity index (χ1n) is 6.88. The van der Waals surface area contributed by atoms with Gasteiger partial charge in [-0.3, -0.25) is 4.99 Å². The number of hydrogen-bond donors (Lipinski definition) is 0. The fraction of sp³-hybridized carbons (Fsp3) is 0.125. The van der Waals surface area contributed by atoms with E-state index in [9.17, 15) is 14.0 Å². The molecule has 0 saturated carbocycles. The first-order valence-corrected chi connectivity index (χ1v) is 6.88. The second kappa shape index (κ2) is 4.62. The first kappa shape index (κ1) is 12.9. The van der Waals surface area contributed by atoms with Gasteiger partial charge in [-0.1, -0.05) is 18.2 Å². The average Bonchev–Trinajstić information content (AvgIpc) is 3.00. The predicted octanol–water partition coefficient (Wildman–Crippen LogP) is 2.83. The highest BCUT2D eigenvalue weighted by Gasteiger charge is 2.38. The third-order valence-corrected chi connectivity index (χ3v) is 3.83. The fourth-order valence-corrected chi connectivity index (χ4v) is 2.84. The highest BCUT2D eigenvalue weighted by molar-refractivity contribution is 6.51. The van der Waals surface area contributed by atoms with Crippen molar-refractivity contribution in [3.05, 3.63) is 64.9 Å². The standard InChI is InChI=1S/C16H11F2N3O/c17-11-8-13-14(9-12(11)18)21(22)15(10-4-2-1-3-5-10)16-19-6-7-20(13)16/h1-5,8-9H,6-7H2. The zero-order valence-corrected chi connectivity index (χ0v) is 11.5. The van der Waals surface area contributed by atoms with E-state index in [-0.39, 0.29) is 5.69 Å². The zero-order valence-electron chi connectivity index (χ0n) is 11.5. The summed E-state index contributed by atoms with van der Waals surface area (Å²) < 4.78 is 27.7. The summed E-state index contributed by atoms with van der Waals surface area (Å²) >= 11 is 0. The molecule has 0 atom stereocenters. The molecule has 4 nitrogen and oxygen atoms in total. The maximum atomic E-state index is 13.6. The summed E-state index contributed by atoms with van der Waals surface area (Å²) in [6.07, 6.45) is 0. The number of fused-ring (bicyclic) bond motifs is 3. The van der Waals surface area contributed by atoms with Crippen LogP contribution in [-0.4, -0.2) is 29.4 Å².